The molecule has 0 atom stereocenters. The third-order valence-corrected chi connectivity index (χ3v) is 0.815. The van der Waals surface area contributed by atoms with Crippen molar-refractivity contribution in [3.05, 3.63) is 28.4 Å². The van der Waals surface area contributed by atoms with E-state index in [9.17, 15) is 4.79 Å². The average Bonchev–Trinajstić information content (AvgIpc) is 1.64. The molecule has 0 aliphatic carbocycles. The van der Waals surface area contributed by atoms with E-state index in [0.717, 1.165) is 5.69 Å². The van der Waals surface area contributed by atoms with Crippen LogP contribution in [0.5, 0.6) is 0 Å². The van der Waals surface area contributed by atoms with Gasteiger partial charge in [0.1, 0.15) is 0 Å². The van der Waals surface area contributed by atoms with E-state index in [4.69, 9.17) is 0 Å². The predicted octanol–water partition coefficient (Wildman–Crippen LogP) is -0.302. The molecule has 3 nitrogen and oxygen atoms in total. The number of nitrogens with zero attached hydrogens (tertiary/aromatic N) is 1. The number of nitrogens with one attached hydrogen (secondary N) is 1. The minimum absolute atomic E-state index is 0. The van der Waals surface area contributed by atoms with Crippen LogP contribution in [-0.4, -0.2) is 39.5 Å². The van der Waals surface area contributed by atoms with Gasteiger partial charge < -0.3 is 4.98 Å². The van der Waals surface area contributed by atoms with Gasteiger partial charge in [-0.25, -0.2) is 4.98 Å². The second-order valence-electron chi connectivity index (χ2n) is 1.55. The number of rotatable bonds is 0. The van der Waals surface area contributed by atoms with Crippen molar-refractivity contribution < 1.29 is 0 Å². The predicted molar refractivity (Wildman–Crippen MR) is 35.3 cm³/mol. The van der Waals surface area contributed by atoms with Gasteiger partial charge in [-0.3, -0.25) is 4.79 Å². The van der Waals surface area contributed by atoms with Crippen LogP contribution in [0.2, 0.25) is 0 Å². The van der Waals surface area contributed by atoms with E-state index in [1.54, 1.807) is 6.92 Å². The van der Waals surface area contributed by atoms with Crippen LogP contribution >= 0.6 is 0 Å². The van der Waals surface area contributed by atoms with Gasteiger partial charge in [0.25, 0.3) is 5.56 Å². The molecule has 1 N–H and O–H groups in total. The SMILES string of the molecule is Cc1cc(=O)[nH]cn1.[Na]. The van der Waals surface area contributed by atoms with Gasteiger partial charge in [-0.2, -0.15) is 0 Å². The summed E-state index contributed by atoms with van der Waals surface area (Å²) in [5.41, 5.74) is 0.645. The molecule has 43 valence electrons. The molecule has 0 spiro atoms. The summed E-state index contributed by atoms with van der Waals surface area (Å²) < 4.78 is 0. The van der Waals surface area contributed by atoms with Crippen LogP contribution in [0.15, 0.2) is 17.2 Å². The molecule has 0 amide bonds. The van der Waals surface area contributed by atoms with Crippen LogP contribution in [0.3, 0.4) is 0 Å². The second-order valence-corrected chi connectivity index (χ2v) is 1.55. The standard InChI is InChI=1S/C5H6N2O.Na/c1-4-2-5(8)7-3-6-4;/h2-3H,1H3,(H,6,7,8);. The molecule has 0 aliphatic heterocycles. The minimum atomic E-state index is -0.0995. The molecule has 1 radical (unpaired) electrons. The largest absolute Gasteiger partial charge is 0.313 e. The van der Waals surface area contributed by atoms with Gasteiger partial charge in [0.2, 0.25) is 0 Å². The van der Waals surface area contributed by atoms with Crippen molar-refractivity contribution in [2.45, 2.75) is 6.92 Å². The first kappa shape index (κ1) is 8.88. The Kier molecular flexibility index (Phi) is 3.77. The summed E-state index contributed by atoms with van der Waals surface area (Å²) in [6, 6.07) is 1.44. The maximum atomic E-state index is 10.4. The van der Waals surface area contributed by atoms with E-state index in [0.29, 0.717) is 0 Å². The fourth-order valence-corrected chi connectivity index (χ4v) is 0.466. The molecule has 0 aromatic carbocycles. The fourth-order valence-electron chi connectivity index (χ4n) is 0.466. The molecule has 0 bridgehead atoms. The molecular formula is C5H6N2NaO. The van der Waals surface area contributed by atoms with E-state index in [2.05, 4.69) is 9.97 Å². The number of hydrogen-bond acceptors (Lipinski definition) is 2. The molecule has 0 unspecified atom stereocenters. The molecule has 9 heavy (non-hydrogen) atoms. The van der Waals surface area contributed by atoms with Crippen LogP contribution < -0.4 is 5.56 Å². The monoisotopic (exact) mass is 133 g/mol. The molecular weight excluding hydrogens is 127 g/mol. The summed E-state index contributed by atoms with van der Waals surface area (Å²) in [5.74, 6) is 0. The first-order valence-corrected chi connectivity index (χ1v) is 2.30. The zero-order chi connectivity index (χ0) is 5.98. The molecule has 1 heterocycles. The van der Waals surface area contributed by atoms with E-state index >= 15 is 0 Å². The van der Waals surface area contributed by atoms with Crippen molar-refractivity contribution in [1.82, 2.24) is 9.97 Å². The molecule has 0 fully saturated rings. The van der Waals surface area contributed by atoms with E-state index in [1.807, 2.05) is 0 Å². The van der Waals surface area contributed by atoms with Gasteiger partial charge in [0.15, 0.2) is 0 Å². The van der Waals surface area contributed by atoms with Crippen molar-refractivity contribution in [1.29, 1.82) is 0 Å². The summed E-state index contributed by atoms with van der Waals surface area (Å²) >= 11 is 0. The Bertz CT molecular complexity index is 232. The fraction of sp³-hybridized carbons (Fsp3) is 0.200. The Hall–Kier alpha value is -0.120. The van der Waals surface area contributed by atoms with Crippen LogP contribution in [0, 0.1) is 6.92 Å². The summed E-state index contributed by atoms with van der Waals surface area (Å²) in [5, 5.41) is 0. The van der Waals surface area contributed by atoms with Crippen LogP contribution in [0.4, 0.5) is 0 Å². The normalized spacial score (nSPS) is 8.11. The Morgan fingerprint density at radius 1 is 1.67 bits per heavy atom. The van der Waals surface area contributed by atoms with Gasteiger partial charge in [-0.15, -0.1) is 0 Å². The summed E-state index contributed by atoms with van der Waals surface area (Å²) in [6.07, 6.45) is 1.39. The molecule has 0 saturated carbocycles. The molecule has 0 saturated heterocycles. The van der Waals surface area contributed by atoms with Crippen LogP contribution in [-0.2, 0) is 0 Å². The summed E-state index contributed by atoms with van der Waals surface area (Å²) in [4.78, 5) is 16.6. The quantitative estimate of drug-likeness (QED) is 0.494. The third-order valence-electron chi connectivity index (χ3n) is 0.815. The molecule has 1 aromatic heterocycles. The second kappa shape index (κ2) is 3.82. The maximum absolute atomic E-state index is 10.4. The van der Waals surface area contributed by atoms with Gasteiger partial charge in [-0.1, -0.05) is 0 Å². The Balaban J connectivity index is 0.000000640. The maximum Gasteiger partial charge on any atom is 0.250 e. The van der Waals surface area contributed by atoms with E-state index < -0.39 is 0 Å². The first-order chi connectivity index (χ1) is 3.79. The molecule has 1 rings (SSSR count). The molecule has 1 aromatic rings. The topological polar surface area (TPSA) is 45.8 Å². The number of aromatic nitrogens is 2. The van der Waals surface area contributed by atoms with Crippen molar-refractivity contribution in [2.75, 3.05) is 0 Å². The van der Waals surface area contributed by atoms with Gasteiger partial charge in [0, 0.05) is 41.3 Å². The number of hydrogen-bond donors (Lipinski definition) is 1. The summed E-state index contributed by atoms with van der Waals surface area (Å²) in [6.45, 7) is 1.77. The van der Waals surface area contributed by atoms with E-state index in [-0.39, 0.29) is 35.1 Å². The van der Waals surface area contributed by atoms with Crippen molar-refractivity contribution in [2.24, 2.45) is 0 Å². The van der Waals surface area contributed by atoms with E-state index in [1.165, 1.54) is 12.4 Å². The van der Waals surface area contributed by atoms with Gasteiger partial charge in [-0.05, 0) is 6.92 Å². The zero-order valence-corrected chi connectivity index (χ0v) is 7.51. The Labute approximate surface area is 74.8 Å². The van der Waals surface area contributed by atoms with Gasteiger partial charge >= 0.3 is 0 Å². The Morgan fingerprint density at radius 2 is 2.33 bits per heavy atom. The molecule has 4 heteroatoms. The third kappa shape index (κ3) is 2.79. The van der Waals surface area contributed by atoms with Crippen LogP contribution in [0.25, 0.3) is 0 Å². The smallest absolute Gasteiger partial charge is 0.250 e. The minimum Gasteiger partial charge on any atom is -0.313 e. The first-order valence-electron chi connectivity index (χ1n) is 2.30. The number of aromatic amines is 1. The average molecular weight is 133 g/mol. The van der Waals surface area contributed by atoms with Crippen molar-refractivity contribution >= 4 is 29.6 Å². The zero-order valence-electron chi connectivity index (χ0n) is 5.51. The van der Waals surface area contributed by atoms with Crippen molar-refractivity contribution in [3.8, 4) is 0 Å². The number of aryl methyl sites for hydroxylation is 1. The number of H-pyrrole nitrogens is 1. The van der Waals surface area contributed by atoms with Gasteiger partial charge in [0.05, 0.1) is 6.33 Å². The van der Waals surface area contributed by atoms with Crippen LogP contribution in [0.1, 0.15) is 5.69 Å². The molecule has 0 aliphatic rings. The summed E-state index contributed by atoms with van der Waals surface area (Å²) in [7, 11) is 0. The van der Waals surface area contributed by atoms with Crippen molar-refractivity contribution in [3.63, 3.8) is 0 Å². The Morgan fingerprint density at radius 3 is 2.67 bits per heavy atom.